The van der Waals surface area contributed by atoms with Crippen LogP contribution in [0.15, 0.2) is 23.1 Å². The molecule has 2 aromatic rings. The number of carboxylic acids is 2. The van der Waals surface area contributed by atoms with Crippen LogP contribution in [0.5, 0.6) is 0 Å². The highest BCUT2D eigenvalue weighted by atomic mass is 32.2. The molecule has 0 radical (unpaired) electrons. The van der Waals surface area contributed by atoms with Crippen LogP contribution in [0.3, 0.4) is 0 Å². The third-order valence-electron chi connectivity index (χ3n) is 4.57. The summed E-state index contributed by atoms with van der Waals surface area (Å²) in [6, 6.07) is 3.95. The number of ether oxygens (including phenoxy) is 1. The molecule has 0 spiro atoms. The number of aromatic nitrogens is 1. The Hall–Kier alpha value is -2.56. The SMILES string of the molecule is CC(C)c1nc2ccc(S(=O)(=O)N3CCOCC3)cc2c(C(=O)O)c1C(=O)O. The number of carboxylic acid groups (broad SMARTS) is 2. The molecule has 3 rings (SSSR count). The first kappa shape index (κ1) is 20.2. The number of hydrogen-bond donors (Lipinski definition) is 2. The number of nitrogens with zero attached hydrogens (tertiary/aromatic N) is 2. The standard InChI is InChI=1S/C18H20N2O7S/c1-10(2)16-15(18(23)24)14(17(21)22)12-9-11(3-4-13(12)19-16)28(25,26)20-5-7-27-8-6-20/h3-4,9-10H,5-8H2,1-2H3,(H,21,22)(H,23,24). The molecule has 10 heteroatoms. The Bertz CT molecular complexity index is 1060. The number of sulfonamides is 1. The molecule has 2 heterocycles. The maximum Gasteiger partial charge on any atom is 0.338 e. The number of hydrogen-bond acceptors (Lipinski definition) is 6. The highest BCUT2D eigenvalue weighted by Gasteiger charge is 2.30. The molecule has 150 valence electrons. The second-order valence-electron chi connectivity index (χ2n) is 6.71. The van der Waals surface area contributed by atoms with Gasteiger partial charge in [-0.1, -0.05) is 13.8 Å². The van der Waals surface area contributed by atoms with Gasteiger partial charge in [-0.05, 0) is 24.1 Å². The lowest BCUT2D eigenvalue weighted by molar-refractivity contribution is 0.0651. The van der Waals surface area contributed by atoms with Crippen LogP contribution >= 0.6 is 0 Å². The molecule has 1 fully saturated rings. The topological polar surface area (TPSA) is 134 Å². The van der Waals surface area contributed by atoms with E-state index in [-0.39, 0.29) is 53.7 Å². The van der Waals surface area contributed by atoms with Crippen LogP contribution in [-0.4, -0.2) is 66.2 Å². The Kier molecular flexibility index (Phi) is 5.37. The fraction of sp³-hybridized carbons (Fsp3) is 0.389. The number of morpholine rings is 1. The van der Waals surface area contributed by atoms with E-state index in [1.807, 2.05) is 0 Å². The van der Waals surface area contributed by atoms with Crippen molar-refractivity contribution in [2.75, 3.05) is 26.3 Å². The molecule has 28 heavy (non-hydrogen) atoms. The summed E-state index contributed by atoms with van der Waals surface area (Å²) in [7, 11) is -3.87. The van der Waals surface area contributed by atoms with Gasteiger partial charge < -0.3 is 14.9 Å². The molecule has 0 amide bonds. The van der Waals surface area contributed by atoms with Gasteiger partial charge >= 0.3 is 11.9 Å². The molecule has 0 saturated carbocycles. The lowest BCUT2D eigenvalue weighted by Gasteiger charge is -2.26. The second kappa shape index (κ2) is 7.46. The molecule has 0 unspecified atom stereocenters. The first-order valence-corrected chi connectivity index (χ1v) is 10.1. The number of pyridine rings is 1. The van der Waals surface area contributed by atoms with E-state index in [0.29, 0.717) is 0 Å². The zero-order valence-electron chi connectivity index (χ0n) is 15.4. The molecule has 1 aliphatic heterocycles. The molecule has 1 aliphatic rings. The molecule has 1 aromatic carbocycles. The molecule has 0 bridgehead atoms. The van der Waals surface area contributed by atoms with Gasteiger partial charge in [0, 0.05) is 18.5 Å². The molecular formula is C18H20N2O7S. The fourth-order valence-corrected chi connectivity index (χ4v) is 4.65. The molecule has 1 aromatic heterocycles. The van der Waals surface area contributed by atoms with Crippen molar-refractivity contribution >= 4 is 32.9 Å². The second-order valence-corrected chi connectivity index (χ2v) is 8.65. The van der Waals surface area contributed by atoms with E-state index in [0.717, 1.165) is 0 Å². The van der Waals surface area contributed by atoms with Gasteiger partial charge in [-0.2, -0.15) is 4.31 Å². The summed E-state index contributed by atoms with van der Waals surface area (Å²) in [4.78, 5) is 27.9. The van der Waals surface area contributed by atoms with E-state index in [9.17, 15) is 28.2 Å². The van der Waals surface area contributed by atoms with Crippen molar-refractivity contribution in [2.45, 2.75) is 24.7 Å². The van der Waals surface area contributed by atoms with Crippen molar-refractivity contribution < 1.29 is 33.0 Å². The minimum absolute atomic E-state index is 0.0244. The molecule has 1 saturated heterocycles. The van der Waals surface area contributed by atoms with E-state index < -0.39 is 33.1 Å². The quantitative estimate of drug-likeness (QED) is 0.764. The first-order valence-electron chi connectivity index (χ1n) is 8.66. The van der Waals surface area contributed by atoms with Crippen LogP contribution in [0.4, 0.5) is 0 Å². The lowest BCUT2D eigenvalue weighted by atomic mass is 9.95. The van der Waals surface area contributed by atoms with Crippen LogP contribution < -0.4 is 0 Å². The molecule has 0 aliphatic carbocycles. The maximum absolute atomic E-state index is 12.9. The average molecular weight is 408 g/mol. The van der Waals surface area contributed by atoms with Gasteiger partial charge in [-0.15, -0.1) is 0 Å². The molecule has 2 N–H and O–H groups in total. The highest BCUT2D eigenvalue weighted by Crippen LogP contribution is 2.30. The Morgan fingerprint density at radius 1 is 1.11 bits per heavy atom. The first-order chi connectivity index (χ1) is 13.1. The summed E-state index contributed by atoms with van der Waals surface area (Å²) >= 11 is 0. The number of carbonyl (C=O) groups is 2. The van der Waals surface area contributed by atoms with Crippen LogP contribution in [0.1, 0.15) is 46.2 Å². The molecule has 0 atom stereocenters. The van der Waals surface area contributed by atoms with Crippen molar-refractivity contribution in [3.63, 3.8) is 0 Å². The van der Waals surface area contributed by atoms with Crippen molar-refractivity contribution in [1.82, 2.24) is 9.29 Å². The lowest BCUT2D eigenvalue weighted by Crippen LogP contribution is -2.40. The van der Waals surface area contributed by atoms with Crippen LogP contribution in [0, 0.1) is 0 Å². The number of rotatable bonds is 5. The summed E-state index contributed by atoms with van der Waals surface area (Å²) < 4.78 is 32.2. The van der Waals surface area contributed by atoms with Gasteiger partial charge in [0.2, 0.25) is 10.0 Å². The zero-order valence-corrected chi connectivity index (χ0v) is 16.2. The van der Waals surface area contributed by atoms with Crippen molar-refractivity contribution in [1.29, 1.82) is 0 Å². The minimum Gasteiger partial charge on any atom is -0.478 e. The van der Waals surface area contributed by atoms with Gasteiger partial charge in [0.15, 0.2) is 0 Å². The summed E-state index contributed by atoms with van der Waals surface area (Å²) in [6.07, 6.45) is 0. The van der Waals surface area contributed by atoms with Gasteiger partial charge in [-0.25, -0.2) is 18.0 Å². The van der Waals surface area contributed by atoms with Gasteiger partial charge in [0.25, 0.3) is 0 Å². The molecule has 9 nitrogen and oxygen atoms in total. The highest BCUT2D eigenvalue weighted by molar-refractivity contribution is 7.89. The van der Waals surface area contributed by atoms with Crippen molar-refractivity contribution in [3.05, 3.63) is 35.0 Å². The van der Waals surface area contributed by atoms with Gasteiger partial charge in [0.05, 0.1) is 40.4 Å². The van der Waals surface area contributed by atoms with Crippen LogP contribution in [-0.2, 0) is 14.8 Å². The van der Waals surface area contributed by atoms with Crippen molar-refractivity contribution in [3.8, 4) is 0 Å². The summed E-state index contributed by atoms with van der Waals surface area (Å²) in [5.41, 5.74) is -0.510. The van der Waals surface area contributed by atoms with Gasteiger partial charge in [0.1, 0.15) is 0 Å². The maximum atomic E-state index is 12.9. The largest absolute Gasteiger partial charge is 0.478 e. The zero-order chi connectivity index (χ0) is 20.6. The fourth-order valence-electron chi connectivity index (χ4n) is 3.21. The number of fused-ring (bicyclic) bond motifs is 1. The Morgan fingerprint density at radius 2 is 1.71 bits per heavy atom. The Morgan fingerprint density at radius 3 is 2.25 bits per heavy atom. The van der Waals surface area contributed by atoms with E-state index in [2.05, 4.69) is 4.98 Å². The predicted molar refractivity (Wildman–Crippen MR) is 99.3 cm³/mol. The monoisotopic (exact) mass is 408 g/mol. The predicted octanol–water partition coefficient (Wildman–Crippen LogP) is 1.78. The Balaban J connectivity index is 2.29. The van der Waals surface area contributed by atoms with Crippen LogP contribution in [0.25, 0.3) is 10.9 Å². The van der Waals surface area contributed by atoms with Gasteiger partial charge in [-0.3, -0.25) is 4.98 Å². The van der Waals surface area contributed by atoms with E-state index in [1.54, 1.807) is 13.8 Å². The van der Waals surface area contributed by atoms with E-state index in [1.165, 1.54) is 22.5 Å². The molecular weight excluding hydrogens is 388 g/mol. The van der Waals surface area contributed by atoms with E-state index in [4.69, 9.17) is 4.74 Å². The third-order valence-corrected chi connectivity index (χ3v) is 6.46. The van der Waals surface area contributed by atoms with Crippen molar-refractivity contribution in [2.24, 2.45) is 0 Å². The number of benzene rings is 1. The van der Waals surface area contributed by atoms with Crippen LogP contribution in [0.2, 0.25) is 0 Å². The summed E-state index contributed by atoms with van der Waals surface area (Å²) in [6.45, 7) is 4.35. The normalized spacial score (nSPS) is 15.8. The third kappa shape index (κ3) is 3.46. The number of aromatic carboxylic acids is 2. The Labute approximate surface area is 161 Å². The minimum atomic E-state index is -3.87. The van der Waals surface area contributed by atoms with E-state index >= 15 is 0 Å². The summed E-state index contributed by atoms with van der Waals surface area (Å²) in [5.74, 6) is -3.20. The smallest absolute Gasteiger partial charge is 0.338 e. The average Bonchev–Trinajstić information content (AvgIpc) is 2.66. The summed E-state index contributed by atoms with van der Waals surface area (Å²) in [5, 5.41) is 19.3.